The molecule has 1 aromatic heterocycles. The molecule has 0 bridgehead atoms. The number of nitrogens with zero attached hydrogens (tertiary/aromatic N) is 1. The molecule has 0 aromatic carbocycles. The van der Waals surface area contributed by atoms with Crippen molar-refractivity contribution in [2.75, 3.05) is 0 Å². The van der Waals surface area contributed by atoms with Gasteiger partial charge in [0.15, 0.2) is 0 Å². The third-order valence-corrected chi connectivity index (χ3v) is 2.37. The topological polar surface area (TPSA) is 38.9 Å². The van der Waals surface area contributed by atoms with Crippen LogP contribution in [0.3, 0.4) is 0 Å². The van der Waals surface area contributed by atoms with Gasteiger partial charge in [0.25, 0.3) is 0 Å². The molecular weight excluding hydrogens is 298 g/mol. The second-order valence-electron chi connectivity index (χ2n) is 3.67. The van der Waals surface area contributed by atoms with Crippen LogP contribution in [0.4, 0.5) is 26.3 Å². The number of alkyl halides is 6. The highest BCUT2D eigenvalue weighted by atomic mass is 35.5. The zero-order valence-corrected chi connectivity index (χ0v) is 10.5. The Kier molecular flexibility index (Phi) is 5.64. The van der Waals surface area contributed by atoms with Crippen molar-refractivity contribution in [1.29, 1.82) is 0 Å². The number of nitrogens with two attached hydrogens (primary N) is 1. The lowest BCUT2D eigenvalue weighted by atomic mass is 10.0. The number of rotatable bonds is 2. The molecule has 2 nitrogen and oxygen atoms in total. The van der Waals surface area contributed by atoms with Gasteiger partial charge in [-0.15, -0.1) is 12.4 Å². The quantitative estimate of drug-likeness (QED) is 0.840. The van der Waals surface area contributed by atoms with E-state index in [9.17, 15) is 26.3 Å². The van der Waals surface area contributed by atoms with Gasteiger partial charge in [0.2, 0.25) is 0 Å². The minimum absolute atomic E-state index is 0. The maximum absolute atomic E-state index is 12.7. The first-order valence-electron chi connectivity index (χ1n) is 4.97. The predicted octanol–water partition coefficient (Wildman–Crippen LogP) is 3.95. The number of pyridine rings is 1. The smallest absolute Gasteiger partial charge is 0.324 e. The van der Waals surface area contributed by atoms with Crippen LogP contribution in [0.1, 0.15) is 36.2 Å². The van der Waals surface area contributed by atoms with E-state index in [1.807, 2.05) is 0 Å². The molecular formula is C10H11ClF6N2. The third kappa shape index (κ3) is 4.24. The first-order chi connectivity index (χ1) is 8.07. The Morgan fingerprint density at radius 1 is 1.16 bits per heavy atom. The van der Waals surface area contributed by atoms with E-state index in [-0.39, 0.29) is 24.9 Å². The Hall–Kier alpha value is -1.02. The van der Waals surface area contributed by atoms with Gasteiger partial charge in [0.1, 0.15) is 5.69 Å². The zero-order chi connectivity index (χ0) is 14.1. The van der Waals surface area contributed by atoms with Crippen LogP contribution < -0.4 is 5.73 Å². The zero-order valence-electron chi connectivity index (χ0n) is 9.64. The second kappa shape index (κ2) is 5.96. The highest BCUT2D eigenvalue weighted by Gasteiger charge is 2.39. The van der Waals surface area contributed by atoms with Crippen molar-refractivity contribution in [2.24, 2.45) is 5.73 Å². The number of hydrogen-bond donors (Lipinski definition) is 1. The van der Waals surface area contributed by atoms with E-state index >= 15 is 0 Å². The van der Waals surface area contributed by atoms with Crippen molar-refractivity contribution in [3.63, 3.8) is 0 Å². The summed E-state index contributed by atoms with van der Waals surface area (Å²) in [4.78, 5) is 2.99. The lowest BCUT2D eigenvalue weighted by Crippen LogP contribution is -2.20. The van der Waals surface area contributed by atoms with Crippen LogP contribution in [0.5, 0.6) is 0 Å². The Morgan fingerprint density at radius 2 is 1.68 bits per heavy atom. The molecule has 0 radical (unpaired) electrons. The fourth-order valence-electron chi connectivity index (χ4n) is 1.38. The van der Waals surface area contributed by atoms with E-state index in [2.05, 4.69) is 4.98 Å². The molecule has 2 N–H and O–H groups in total. The molecule has 0 amide bonds. The lowest BCUT2D eigenvalue weighted by molar-refractivity contribution is -0.146. The van der Waals surface area contributed by atoms with Crippen molar-refractivity contribution in [3.8, 4) is 0 Å². The maximum Gasteiger partial charge on any atom is 0.433 e. The fourth-order valence-corrected chi connectivity index (χ4v) is 1.38. The third-order valence-electron chi connectivity index (χ3n) is 2.37. The van der Waals surface area contributed by atoms with Crippen LogP contribution in [0.2, 0.25) is 0 Å². The molecule has 1 aromatic rings. The maximum atomic E-state index is 12.7. The second-order valence-corrected chi connectivity index (χ2v) is 3.67. The predicted molar refractivity (Wildman–Crippen MR) is 58.7 cm³/mol. The van der Waals surface area contributed by atoms with Crippen LogP contribution in [-0.2, 0) is 12.4 Å². The molecule has 19 heavy (non-hydrogen) atoms. The fraction of sp³-hybridized carbons (Fsp3) is 0.500. The van der Waals surface area contributed by atoms with Gasteiger partial charge in [-0.25, -0.2) is 0 Å². The molecule has 0 fully saturated rings. The minimum atomic E-state index is -4.92. The van der Waals surface area contributed by atoms with Crippen LogP contribution in [0, 0.1) is 0 Å². The minimum Gasteiger partial charge on any atom is -0.324 e. The SMILES string of the molecule is CC[C@H](N)c1cnc(C(F)(F)F)cc1C(F)(F)F.Cl. The molecule has 0 spiro atoms. The van der Waals surface area contributed by atoms with Crippen LogP contribution in [0.25, 0.3) is 0 Å². The molecule has 0 unspecified atom stereocenters. The summed E-state index contributed by atoms with van der Waals surface area (Å²) < 4.78 is 74.9. The molecule has 1 heterocycles. The van der Waals surface area contributed by atoms with Crippen molar-refractivity contribution in [2.45, 2.75) is 31.7 Å². The monoisotopic (exact) mass is 308 g/mol. The summed E-state index contributed by atoms with van der Waals surface area (Å²) in [5.74, 6) is 0. The summed E-state index contributed by atoms with van der Waals surface area (Å²) in [6.45, 7) is 1.53. The summed E-state index contributed by atoms with van der Waals surface area (Å²) in [6.07, 6.45) is -9.12. The Morgan fingerprint density at radius 3 is 2.05 bits per heavy atom. The van der Waals surface area contributed by atoms with Crippen LogP contribution >= 0.6 is 12.4 Å². The molecule has 0 aliphatic carbocycles. The van der Waals surface area contributed by atoms with E-state index in [4.69, 9.17) is 5.73 Å². The molecule has 0 aliphatic rings. The lowest BCUT2D eigenvalue weighted by Gasteiger charge is -2.18. The van der Waals surface area contributed by atoms with Gasteiger partial charge >= 0.3 is 12.4 Å². The van der Waals surface area contributed by atoms with E-state index < -0.39 is 35.2 Å². The standard InChI is InChI=1S/C10H10F6N2.ClH/c1-2-7(17)5-4-18-8(10(14,15)16)3-6(5)9(11,12)13;/h3-4,7H,2,17H2,1H3;1H/t7-;/m0./s1. The van der Waals surface area contributed by atoms with Gasteiger partial charge in [0.05, 0.1) is 5.56 Å². The van der Waals surface area contributed by atoms with Gasteiger partial charge in [-0.3, -0.25) is 4.98 Å². The average molecular weight is 309 g/mol. The van der Waals surface area contributed by atoms with E-state index in [1.165, 1.54) is 6.92 Å². The Balaban J connectivity index is 0.00000324. The number of hydrogen-bond acceptors (Lipinski definition) is 2. The first kappa shape index (κ1) is 18.0. The average Bonchev–Trinajstić information content (AvgIpc) is 2.24. The van der Waals surface area contributed by atoms with E-state index in [0.29, 0.717) is 6.20 Å². The molecule has 1 atom stereocenters. The normalized spacial score (nSPS) is 13.9. The first-order valence-corrected chi connectivity index (χ1v) is 4.97. The molecule has 110 valence electrons. The highest BCUT2D eigenvalue weighted by Crippen LogP contribution is 2.37. The van der Waals surface area contributed by atoms with E-state index in [1.54, 1.807) is 0 Å². The molecule has 9 heteroatoms. The van der Waals surface area contributed by atoms with Gasteiger partial charge in [-0.1, -0.05) is 6.92 Å². The summed E-state index contributed by atoms with van der Waals surface area (Å²) in [5.41, 5.74) is 2.03. The van der Waals surface area contributed by atoms with Crippen molar-refractivity contribution < 1.29 is 26.3 Å². The summed E-state index contributed by atoms with van der Waals surface area (Å²) in [7, 11) is 0. The summed E-state index contributed by atoms with van der Waals surface area (Å²) in [6, 6.07) is -1.01. The Bertz CT molecular complexity index is 429. The Labute approximate surface area is 111 Å². The van der Waals surface area contributed by atoms with Gasteiger partial charge < -0.3 is 5.73 Å². The largest absolute Gasteiger partial charge is 0.433 e. The van der Waals surface area contributed by atoms with Crippen molar-refractivity contribution in [1.82, 2.24) is 4.98 Å². The summed E-state index contributed by atoms with van der Waals surface area (Å²) >= 11 is 0. The van der Waals surface area contributed by atoms with Gasteiger partial charge in [0, 0.05) is 12.2 Å². The van der Waals surface area contributed by atoms with Gasteiger partial charge in [-0.05, 0) is 18.1 Å². The molecule has 1 rings (SSSR count). The van der Waals surface area contributed by atoms with Crippen LogP contribution in [-0.4, -0.2) is 4.98 Å². The van der Waals surface area contributed by atoms with Crippen molar-refractivity contribution >= 4 is 12.4 Å². The van der Waals surface area contributed by atoms with E-state index in [0.717, 1.165) is 0 Å². The molecule has 0 saturated carbocycles. The molecule has 0 saturated heterocycles. The number of halogens is 7. The van der Waals surface area contributed by atoms with Crippen LogP contribution in [0.15, 0.2) is 12.3 Å². The highest BCUT2D eigenvalue weighted by molar-refractivity contribution is 5.85. The number of aromatic nitrogens is 1. The van der Waals surface area contributed by atoms with Crippen molar-refractivity contribution in [3.05, 3.63) is 29.1 Å². The van der Waals surface area contributed by atoms with Gasteiger partial charge in [-0.2, -0.15) is 26.3 Å². The molecule has 0 aliphatic heterocycles. The summed E-state index contributed by atoms with van der Waals surface area (Å²) in [5, 5.41) is 0.